The lowest BCUT2D eigenvalue weighted by atomic mass is 10.1. The molecular weight excluding hydrogens is 334 g/mol. The van der Waals surface area contributed by atoms with Crippen LogP contribution in [-0.4, -0.2) is 20.2 Å². The van der Waals surface area contributed by atoms with E-state index < -0.39 is 5.63 Å². The molecule has 0 radical (unpaired) electrons. The molecule has 0 amide bonds. The number of hydrogen-bond acceptors (Lipinski definition) is 7. The van der Waals surface area contributed by atoms with E-state index in [1.807, 2.05) is 31.2 Å². The molecule has 4 aromatic rings. The standard InChI is InChI=1S/C19H15N3O4/c1-10-5-3-4-6-13(10)17-21-18(26-22-17)15-7-14-12(9-23)8-20-11(2)16(14)25-19(15)24/h3-8,23H,9H2,1-2H3. The average molecular weight is 349 g/mol. The highest BCUT2D eigenvalue weighted by atomic mass is 16.5. The third-order valence-electron chi connectivity index (χ3n) is 4.25. The van der Waals surface area contributed by atoms with Gasteiger partial charge in [0.05, 0.1) is 12.3 Å². The summed E-state index contributed by atoms with van der Waals surface area (Å²) in [5, 5.41) is 14.1. The second-order valence-electron chi connectivity index (χ2n) is 5.96. The predicted octanol–water partition coefficient (Wildman–Crippen LogP) is 3.01. The summed E-state index contributed by atoms with van der Waals surface area (Å²) in [4.78, 5) is 20.9. The van der Waals surface area contributed by atoms with Gasteiger partial charge in [0.25, 0.3) is 5.89 Å². The summed E-state index contributed by atoms with van der Waals surface area (Å²) in [5.41, 5.74) is 2.81. The second kappa shape index (κ2) is 6.20. The van der Waals surface area contributed by atoms with Gasteiger partial charge in [-0.1, -0.05) is 29.4 Å². The van der Waals surface area contributed by atoms with Crippen molar-refractivity contribution in [3.05, 3.63) is 63.8 Å². The van der Waals surface area contributed by atoms with Crippen LogP contribution in [0, 0.1) is 13.8 Å². The van der Waals surface area contributed by atoms with Gasteiger partial charge < -0.3 is 14.0 Å². The lowest BCUT2D eigenvalue weighted by molar-refractivity contribution is 0.282. The van der Waals surface area contributed by atoms with Crippen LogP contribution in [0.3, 0.4) is 0 Å². The Balaban J connectivity index is 1.89. The molecule has 1 N–H and O–H groups in total. The smallest absolute Gasteiger partial charge is 0.349 e. The summed E-state index contributed by atoms with van der Waals surface area (Å²) < 4.78 is 10.7. The molecule has 3 heterocycles. The second-order valence-corrected chi connectivity index (χ2v) is 5.96. The van der Waals surface area contributed by atoms with Crippen molar-refractivity contribution in [3.8, 4) is 22.8 Å². The number of aliphatic hydroxyl groups is 1. The topological polar surface area (TPSA) is 102 Å². The number of pyridine rings is 1. The minimum Gasteiger partial charge on any atom is -0.420 e. The first-order chi connectivity index (χ1) is 12.6. The van der Waals surface area contributed by atoms with Gasteiger partial charge in [-0.15, -0.1) is 0 Å². The predicted molar refractivity (Wildman–Crippen MR) is 94.4 cm³/mol. The molecule has 26 heavy (non-hydrogen) atoms. The molecule has 0 spiro atoms. The van der Waals surface area contributed by atoms with Crippen molar-refractivity contribution >= 4 is 11.0 Å². The molecular formula is C19H15N3O4. The van der Waals surface area contributed by atoms with Crippen LogP contribution in [0.2, 0.25) is 0 Å². The van der Waals surface area contributed by atoms with Crippen molar-refractivity contribution in [1.29, 1.82) is 0 Å². The quantitative estimate of drug-likeness (QED) is 0.606. The zero-order chi connectivity index (χ0) is 18.3. The van der Waals surface area contributed by atoms with Gasteiger partial charge in [0, 0.05) is 22.7 Å². The fourth-order valence-electron chi connectivity index (χ4n) is 2.82. The summed E-state index contributed by atoms with van der Waals surface area (Å²) in [6, 6.07) is 9.22. The van der Waals surface area contributed by atoms with Crippen LogP contribution in [0.5, 0.6) is 0 Å². The molecule has 0 aliphatic heterocycles. The van der Waals surface area contributed by atoms with E-state index in [0.717, 1.165) is 11.1 Å². The lowest BCUT2D eigenvalue weighted by Crippen LogP contribution is -2.05. The molecule has 0 saturated heterocycles. The Bertz CT molecular complexity index is 1180. The fourth-order valence-corrected chi connectivity index (χ4v) is 2.82. The molecule has 130 valence electrons. The van der Waals surface area contributed by atoms with E-state index in [9.17, 15) is 9.90 Å². The average Bonchev–Trinajstić information content (AvgIpc) is 3.12. The third-order valence-corrected chi connectivity index (χ3v) is 4.25. The van der Waals surface area contributed by atoms with E-state index in [0.29, 0.717) is 28.1 Å². The monoisotopic (exact) mass is 349 g/mol. The van der Waals surface area contributed by atoms with Crippen molar-refractivity contribution in [3.63, 3.8) is 0 Å². The minimum atomic E-state index is -0.600. The first kappa shape index (κ1) is 16.2. The lowest BCUT2D eigenvalue weighted by Gasteiger charge is -2.05. The van der Waals surface area contributed by atoms with Crippen molar-refractivity contribution in [2.24, 2.45) is 0 Å². The van der Waals surface area contributed by atoms with Crippen molar-refractivity contribution in [2.45, 2.75) is 20.5 Å². The number of aryl methyl sites for hydroxylation is 2. The Morgan fingerprint density at radius 3 is 2.73 bits per heavy atom. The van der Waals surface area contributed by atoms with Gasteiger partial charge in [-0.05, 0) is 25.5 Å². The van der Waals surface area contributed by atoms with Crippen LogP contribution in [-0.2, 0) is 6.61 Å². The molecule has 0 saturated carbocycles. The SMILES string of the molecule is Cc1ccccc1-c1noc(-c2cc3c(CO)cnc(C)c3oc2=O)n1. The summed E-state index contributed by atoms with van der Waals surface area (Å²) in [5.74, 6) is 0.461. The summed E-state index contributed by atoms with van der Waals surface area (Å²) >= 11 is 0. The number of fused-ring (bicyclic) bond motifs is 1. The Labute approximate surface area is 147 Å². The van der Waals surface area contributed by atoms with Crippen LogP contribution >= 0.6 is 0 Å². The normalized spacial score (nSPS) is 11.2. The molecule has 3 aromatic heterocycles. The largest absolute Gasteiger partial charge is 0.420 e. The van der Waals surface area contributed by atoms with E-state index in [2.05, 4.69) is 15.1 Å². The Kier molecular flexibility index (Phi) is 3.85. The summed E-state index contributed by atoms with van der Waals surface area (Å²) in [6.45, 7) is 3.45. The van der Waals surface area contributed by atoms with E-state index in [4.69, 9.17) is 8.94 Å². The molecule has 7 heteroatoms. The number of aliphatic hydroxyl groups excluding tert-OH is 1. The first-order valence-corrected chi connectivity index (χ1v) is 8.01. The zero-order valence-corrected chi connectivity index (χ0v) is 14.2. The maximum absolute atomic E-state index is 12.4. The highest BCUT2D eigenvalue weighted by molar-refractivity contribution is 5.84. The van der Waals surface area contributed by atoms with Gasteiger partial charge in [0.1, 0.15) is 5.56 Å². The molecule has 0 atom stereocenters. The minimum absolute atomic E-state index is 0.0669. The number of nitrogens with zero attached hydrogens (tertiary/aromatic N) is 3. The van der Waals surface area contributed by atoms with Gasteiger partial charge in [0.15, 0.2) is 5.58 Å². The van der Waals surface area contributed by atoms with E-state index in [1.54, 1.807) is 19.2 Å². The molecule has 0 unspecified atom stereocenters. The summed E-state index contributed by atoms with van der Waals surface area (Å²) in [7, 11) is 0. The number of benzene rings is 1. The molecule has 0 fully saturated rings. The molecule has 7 nitrogen and oxygen atoms in total. The van der Waals surface area contributed by atoms with E-state index >= 15 is 0 Å². The van der Waals surface area contributed by atoms with Crippen molar-refractivity contribution in [1.82, 2.24) is 15.1 Å². The Morgan fingerprint density at radius 2 is 1.96 bits per heavy atom. The number of aromatic nitrogens is 3. The maximum Gasteiger partial charge on any atom is 0.349 e. The van der Waals surface area contributed by atoms with Crippen molar-refractivity contribution < 1.29 is 14.0 Å². The summed E-state index contributed by atoms with van der Waals surface area (Å²) in [6.07, 6.45) is 1.55. The molecule has 1 aromatic carbocycles. The highest BCUT2D eigenvalue weighted by Crippen LogP contribution is 2.26. The van der Waals surface area contributed by atoms with Gasteiger partial charge in [-0.25, -0.2) is 4.79 Å². The van der Waals surface area contributed by atoms with Gasteiger partial charge in [0.2, 0.25) is 5.82 Å². The Morgan fingerprint density at radius 1 is 1.15 bits per heavy atom. The molecule has 0 aliphatic carbocycles. The van der Waals surface area contributed by atoms with Crippen LogP contribution < -0.4 is 5.63 Å². The van der Waals surface area contributed by atoms with Crippen LogP contribution in [0.25, 0.3) is 33.8 Å². The Hall–Kier alpha value is -3.32. The highest BCUT2D eigenvalue weighted by Gasteiger charge is 2.18. The van der Waals surface area contributed by atoms with Gasteiger partial charge in [-0.2, -0.15) is 4.98 Å². The number of hydrogen-bond donors (Lipinski definition) is 1. The first-order valence-electron chi connectivity index (χ1n) is 8.01. The number of rotatable bonds is 3. The van der Waals surface area contributed by atoms with E-state index in [1.165, 1.54) is 0 Å². The maximum atomic E-state index is 12.4. The van der Waals surface area contributed by atoms with Crippen LogP contribution in [0.1, 0.15) is 16.8 Å². The zero-order valence-electron chi connectivity index (χ0n) is 14.2. The van der Waals surface area contributed by atoms with Gasteiger partial charge in [-0.3, -0.25) is 4.98 Å². The molecule has 4 rings (SSSR count). The fraction of sp³-hybridized carbons (Fsp3) is 0.158. The van der Waals surface area contributed by atoms with Crippen LogP contribution in [0.15, 0.2) is 50.3 Å². The third kappa shape index (κ3) is 2.58. The molecule has 0 aliphatic rings. The van der Waals surface area contributed by atoms with Crippen molar-refractivity contribution in [2.75, 3.05) is 0 Å². The van der Waals surface area contributed by atoms with Crippen LogP contribution in [0.4, 0.5) is 0 Å². The van der Waals surface area contributed by atoms with Gasteiger partial charge >= 0.3 is 5.63 Å². The molecule has 0 bridgehead atoms. The van der Waals surface area contributed by atoms with E-state index in [-0.39, 0.29) is 18.1 Å².